The van der Waals surface area contributed by atoms with Crippen LogP contribution in [0.2, 0.25) is 0 Å². The van der Waals surface area contributed by atoms with Gasteiger partial charge >= 0.3 is 0 Å². The highest BCUT2D eigenvalue weighted by molar-refractivity contribution is 7.27. The van der Waals surface area contributed by atoms with Crippen LogP contribution in [0, 0.1) is 0 Å². The van der Waals surface area contributed by atoms with Gasteiger partial charge in [0.25, 0.3) is 0 Å². The second-order valence-corrected chi connectivity index (χ2v) is 17.6. The molecule has 0 aliphatic heterocycles. The first-order valence-corrected chi connectivity index (χ1v) is 21.2. The summed E-state index contributed by atoms with van der Waals surface area (Å²) in [5.41, 5.74) is 5.82. The van der Waals surface area contributed by atoms with Crippen molar-refractivity contribution >= 4 is 127 Å². The second kappa shape index (κ2) is 11.5. The lowest BCUT2D eigenvalue weighted by Gasteiger charge is -2.14. The molecule has 3 nitrogen and oxygen atoms in total. The van der Waals surface area contributed by atoms with E-state index >= 15 is 0 Å². The summed E-state index contributed by atoms with van der Waals surface area (Å²) in [6, 6.07) is 59.7. The Hall–Kier alpha value is -6.44. The fourth-order valence-corrected chi connectivity index (χ4v) is 12.5. The molecule has 0 fully saturated rings. The van der Waals surface area contributed by atoms with Crippen LogP contribution in [0.15, 0.2) is 164 Å². The van der Waals surface area contributed by atoms with Crippen molar-refractivity contribution in [2.75, 3.05) is 0 Å². The third kappa shape index (κ3) is 4.21. The lowest BCUT2D eigenvalue weighted by atomic mass is 9.94. The molecule has 0 aliphatic rings. The number of benzene rings is 8. The normalized spacial score (nSPS) is 12.3. The van der Waals surface area contributed by atoms with Crippen LogP contribution in [0.3, 0.4) is 0 Å². The molecule has 0 bridgehead atoms. The highest BCUT2D eigenvalue weighted by atomic mass is 32.1. The molecule has 56 heavy (non-hydrogen) atoms. The van der Waals surface area contributed by atoms with Crippen molar-refractivity contribution in [3.63, 3.8) is 0 Å². The highest BCUT2D eigenvalue weighted by Crippen LogP contribution is 2.50. The Kier molecular flexibility index (Phi) is 6.36. The first-order valence-electron chi connectivity index (χ1n) is 18.7. The molecule has 0 N–H and O–H groups in total. The van der Waals surface area contributed by atoms with E-state index in [1.807, 2.05) is 28.7 Å². The molecule has 5 aromatic heterocycles. The number of aromatic nitrogens is 3. The molecule has 0 saturated carbocycles. The molecule has 8 aromatic carbocycles. The summed E-state index contributed by atoms with van der Waals surface area (Å²) < 4.78 is 8.92. The molecule has 13 aromatic rings. The lowest BCUT2D eigenvalue weighted by Crippen LogP contribution is -2.02. The molecule has 260 valence electrons. The smallest absolute Gasteiger partial charge is 0.163 e. The predicted molar refractivity (Wildman–Crippen MR) is 243 cm³/mol. The van der Waals surface area contributed by atoms with Gasteiger partial charge in [0.05, 0.1) is 16.4 Å². The largest absolute Gasteiger partial charge is 0.292 e. The minimum atomic E-state index is 0.732. The number of hydrogen-bond donors (Lipinski definition) is 0. The first kappa shape index (κ1) is 30.8. The minimum absolute atomic E-state index is 0.732. The van der Waals surface area contributed by atoms with Gasteiger partial charge in [-0.05, 0) is 47.5 Å². The Morgan fingerprint density at radius 2 is 1.04 bits per heavy atom. The van der Waals surface area contributed by atoms with Crippen LogP contribution in [-0.2, 0) is 0 Å². The van der Waals surface area contributed by atoms with Gasteiger partial charge in [0, 0.05) is 77.5 Å². The van der Waals surface area contributed by atoms with Gasteiger partial charge in [-0.1, -0.05) is 127 Å². The number of nitrogens with zero attached hydrogens (tertiary/aromatic N) is 3. The summed E-state index contributed by atoms with van der Waals surface area (Å²) in [6.07, 6.45) is 0. The van der Waals surface area contributed by atoms with E-state index in [2.05, 4.69) is 162 Å². The third-order valence-electron chi connectivity index (χ3n) is 11.4. The summed E-state index contributed by atoms with van der Waals surface area (Å²) >= 11 is 5.52. The Morgan fingerprint density at radius 3 is 1.84 bits per heavy atom. The maximum absolute atomic E-state index is 5.56. The van der Waals surface area contributed by atoms with Gasteiger partial charge in [0.2, 0.25) is 0 Å². The molecule has 0 atom stereocenters. The van der Waals surface area contributed by atoms with Gasteiger partial charge in [-0.15, -0.1) is 34.0 Å². The van der Waals surface area contributed by atoms with Gasteiger partial charge in [-0.25, -0.2) is 9.97 Å². The van der Waals surface area contributed by atoms with Gasteiger partial charge in [0.15, 0.2) is 11.6 Å². The average Bonchev–Trinajstić information content (AvgIpc) is 4.02. The summed E-state index contributed by atoms with van der Waals surface area (Å²) in [4.78, 5) is 11.8. The summed E-state index contributed by atoms with van der Waals surface area (Å²) in [5.74, 6) is 1.64. The van der Waals surface area contributed by atoms with Gasteiger partial charge in [-0.3, -0.25) is 4.57 Å². The van der Waals surface area contributed by atoms with Crippen LogP contribution >= 0.6 is 34.0 Å². The van der Waals surface area contributed by atoms with Crippen LogP contribution in [0.1, 0.15) is 0 Å². The van der Waals surface area contributed by atoms with E-state index in [4.69, 9.17) is 9.97 Å². The molecule has 0 saturated heterocycles. The highest BCUT2D eigenvalue weighted by Gasteiger charge is 2.26. The van der Waals surface area contributed by atoms with Crippen molar-refractivity contribution in [1.29, 1.82) is 0 Å². The quantitative estimate of drug-likeness (QED) is 0.179. The first-order chi connectivity index (χ1) is 27.8. The third-order valence-corrected chi connectivity index (χ3v) is 14.8. The number of para-hydroxylation sites is 1. The Bertz CT molecular complexity index is 3770. The molecular weight excluding hydrogens is 739 g/mol. The van der Waals surface area contributed by atoms with Crippen LogP contribution in [0.4, 0.5) is 0 Å². The van der Waals surface area contributed by atoms with Crippen LogP contribution in [-0.4, -0.2) is 14.5 Å². The molecule has 6 heteroatoms. The molecule has 0 amide bonds. The minimum Gasteiger partial charge on any atom is -0.292 e. The van der Waals surface area contributed by atoms with E-state index in [1.165, 1.54) is 88.6 Å². The molecular formula is C50H27N3S3. The monoisotopic (exact) mass is 765 g/mol. The zero-order valence-corrected chi connectivity index (χ0v) is 32.1. The van der Waals surface area contributed by atoms with Crippen molar-refractivity contribution in [3.8, 4) is 28.3 Å². The summed E-state index contributed by atoms with van der Waals surface area (Å²) in [5, 5.41) is 12.5. The molecule has 0 aliphatic carbocycles. The standard InChI is InChI=1S/C50H27N3S3/c1-2-13-28(14-3-1)48-51-49(45-35-18-7-11-23-40(35)56-50(45)52-48)53-37-20-8-4-15-32(37)43-44-34-17-6-10-22-39(34)55-47(44)36-27-29(25-26-31(36)46(43)53)30-19-12-24-41-42(30)33-16-5-9-21-38(33)54-41/h1-27H. The zero-order chi connectivity index (χ0) is 36.5. The fraction of sp³-hybridized carbons (Fsp3) is 0. The molecule has 0 unspecified atom stereocenters. The van der Waals surface area contributed by atoms with Gasteiger partial charge < -0.3 is 0 Å². The van der Waals surface area contributed by atoms with E-state index in [0.29, 0.717) is 0 Å². The van der Waals surface area contributed by atoms with E-state index in [1.54, 1.807) is 11.3 Å². The Morgan fingerprint density at radius 1 is 0.393 bits per heavy atom. The van der Waals surface area contributed by atoms with Crippen molar-refractivity contribution in [2.24, 2.45) is 0 Å². The van der Waals surface area contributed by atoms with Crippen LogP contribution in [0.5, 0.6) is 0 Å². The van der Waals surface area contributed by atoms with Crippen molar-refractivity contribution in [3.05, 3.63) is 164 Å². The summed E-state index contributed by atoms with van der Waals surface area (Å²) in [6.45, 7) is 0. The van der Waals surface area contributed by atoms with E-state index in [-0.39, 0.29) is 0 Å². The number of rotatable bonds is 3. The fourth-order valence-electron chi connectivity index (χ4n) is 9.06. The Labute approximate surface area is 332 Å². The average molecular weight is 766 g/mol. The van der Waals surface area contributed by atoms with Crippen LogP contribution in [0.25, 0.3) is 122 Å². The van der Waals surface area contributed by atoms with Gasteiger partial charge in [-0.2, -0.15) is 0 Å². The topological polar surface area (TPSA) is 30.7 Å². The number of hydrogen-bond acceptors (Lipinski definition) is 5. The van der Waals surface area contributed by atoms with Crippen molar-refractivity contribution in [2.45, 2.75) is 0 Å². The number of fused-ring (bicyclic) bond motifs is 16. The molecule has 0 radical (unpaired) electrons. The van der Waals surface area contributed by atoms with E-state index < -0.39 is 0 Å². The van der Waals surface area contributed by atoms with Crippen LogP contribution < -0.4 is 0 Å². The lowest BCUT2D eigenvalue weighted by molar-refractivity contribution is 1.08. The molecule has 5 heterocycles. The summed E-state index contributed by atoms with van der Waals surface area (Å²) in [7, 11) is 0. The second-order valence-electron chi connectivity index (χ2n) is 14.4. The number of thiophene rings is 3. The maximum Gasteiger partial charge on any atom is 0.163 e. The maximum atomic E-state index is 5.56. The Balaban J connectivity index is 1.23. The molecule has 0 spiro atoms. The predicted octanol–water partition coefficient (Wildman–Crippen LogP) is 15.2. The SMILES string of the molecule is c1ccc(-c2nc(-n3c4ccccc4c4c5c6ccccc6sc5c5cc(-c6cccc7sc8ccccc8c67)ccc5c43)c3c(n2)sc2ccccc23)cc1. The molecule has 13 rings (SSSR count). The zero-order valence-electron chi connectivity index (χ0n) is 29.7. The van der Waals surface area contributed by atoms with Crippen molar-refractivity contribution in [1.82, 2.24) is 14.5 Å². The van der Waals surface area contributed by atoms with Gasteiger partial charge in [0.1, 0.15) is 4.83 Å². The van der Waals surface area contributed by atoms with Crippen molar-refractivity contribution < 1.29 is 0 Å². The van der Waals surface area contributed by atoms with E-state index in [9.17, 15) is 0 Å². The van der Waals surface area contributed by atoms with E-state index in [0.717, 1.165) is 32.9 Å².